The van der Waals surface area contributed by atoms with Crippen molar-refractivity contribution in [3.8, 4) is 5.75 Å². The second-order valence-corrected chi connectivity index (χ2v) is 5.63. The van der Waals surface area contributed by atoms with E-state index in [1.165, 1.54) is 6.42 Å². The molecule has 1 aromatic carbocycles. The number of carbonyl (C=O) groups is 1. The molecule has 2 atom stereocenters. The first-order chi connectivity index (χ1) is 9.08. The maximum atomic E-state index is 12.3. The molecule has 0 bridgehead atoms. The van der Waals surface area contributed by atoms with E-state index in [2.05, 4.69) is 6.92 Å². The van der Waals surface area contributed by atoms with E-state index in [0.29, 0.717) is 16.7 Å². The van der Waals surface area contributed by atoms with Crippen LogP contribution in [0.5, 0.6) is 5.75 Å². The van der Waals surface area contributed by atoms with Crippen LogP contribution in [0.15, 0.2) is 24.3 Å². The summed E-state index contributed by atoms with van der Waals surface area (Å²) in [6, 6.07) is 7.23. The van der Waals surface area contributed by atoms with E-state index in [1.807, 2.05) is 17.0 Å². The molecule has 0 unspecified atom stereocenters. The first kappa shape index (κ1) is 14.2. The largest absolute Gasteiger partial charge is 0.479 e. The summed E-state index contributed by atoms with van der Waals surface area (Å²) >= 11 is 6.03. The molecule has 0 spiro atoms. The highest BCUT2D eigenvalue weighted by Gasteiger charge is 2.26. The van der Waals surface area contributed by atoms with Crippen LogP contribution in [0.4, 0.5) is 0 Å². The Hall–Kier alpha value is -1.22. The minimum absolute atomic E-state index is 0.0477. The van der Waals surface area contributed by atoms with Crippen molar-refractivity contribution in [1.82, 2.24) is 4.90 Å². The van der Waals surface area contributed by atoms with Crippen LogP contribution in [-0.2, 0) is 4.79 Å². The van der Waals surface area contributed by atoms with Gasteiger partial charge in [0.1, 0.15) is 5.75 Å². The van der Waals surface area contributed by atoms with Gasteiger partial charge in [-0.1, -0.05) is 30.7 Å². The molecule has 0 radical (unpaired) electrons. The SMILES string of the molecule is C[C@H]1CCCN(C(=O)[C@@H](C)Oc2ccccc2Cl)C1. The molecule has 1 heterocycles. The Morgan fingerprint density at radius 2 is 2.21 bits per heavy atom. The van der Waals surface area contributed by atoms with E-state index in [-0.39, 0.29) is 5.91 Å². The number of hydrogen-bond acceptors (Lipinski definition) is 2. The van der Waals surface area contributed by atoms with Crippen LogP contribution in [0.3, 0.4) is 0 Å². The van der Waals surface area contributed by atoms with Gasteiger partial charge in [-0.3, -0.25) is 4.79 Å². The van der Waals surface area contributed by atoms with E-state index in [1.54, 1.807) is 19.1 Å². The van der Waals surface area contributed by atoms with Crippen LogP contribution < -0.4 is 4.74 Å². The number of nitrogens with zero attached hydrogens (tertiary/aromatic N) is 1. The molecule has 0 aromatic heterocycles. The molecule has 0 N–H and O–H groups in total. The second-order valence-electron chi connectivity index (χ2n) is 5.22. The van der Waals surface area contributed by atoms with Crippen LogP contribution in [0.1, 0.15) is 26.7 Å². The number of likely N-dealkylation sites (tertiary alicyclic amines) is 1. The molecule has 104 valence electrons. The third-order valence-corrected chi connectivity index (χ3v) is 3.77. The predicted molar refractivity (Wildman–Crippen MR) is 76.5 cm³/mol. The number of amides is 1. The molecule has 19 heavy (non-hydrogen) atoms. The highest BCUT2D eigenvalue weighted by molar-refractivity contribution is 6.32. The van der Waals surface area contributed by atoms with Gasteiger partial charge in [0.25, 0.3) is 5.91 Å². The highest BCUT2D eigenvalue weighted by Crippen LogP contribution is 2.25. The summed E-state index contributed by atoms with van der Waals surface area (Å²) in [5.74, 6) is 1.19. The molecule has 2 rings (SSSR count). The monoisotopic (exact) mass is 281 g/mol. The molecule has 0 saturated carbocycles. The normalized spacial score (nSPS) is 21.0. The quantitative estimate of drug-likeness (QED) is 0.850. The number of para-hydroxylation sites is 1. The van der Waals surface area contributed by atoms with Crippen LogP contribution in [0.2, 0.25) is 5.02 Å². The Balaban J connectivity index is 1.97. The average molecular weight is 282 g/mol. The highest BCUT2D eigenvalue weighted by atomic mass is 35.5. The van der Waals surface area contributed by atoms with Gasteiger partial charge >= 0.3 is 0 Å². The van der Waals surface area contributed by atoms with Crippen molar-refractivity contribution in [1.29, 1.82) is 0 Å². The third-order valence-electron chi connectivity index (χ3n) is 3.46. The molecule has 0 aliphatic carbocycles. The van der Waals surface area contributed by atoms with Crippen molar-refractivity contribution in [2.75, 3.05) is 13.1 Å². The summed E-state index contributed by atoms with van der Waals surface area (Å²) in [6.45, 7) is 5.62. The van der Waals surface area contributed by atoms with E-state index in [9.17, 15) is 4.79 Å². The van der Waals surface area contributed by atoms with Gasteiger partial charge in [0.2, 0.25) is 0 Å². The summed E-state index contributed by atoms with van der Waals surface area (Å²) in [5, 5.41) is 0.536. The number of halogens is 1. The first-order valence-corrected chi connectivity index (χ1v) is 7.15. The molecule has 1 aromatic rings. The zero-order chi connectivity index (χ0) is 13.8. The van der Waals surface area contributed by atoms with Crippen molar-refractivity contribution in [3.63, 3.8) is 0 Å². The third kappa shape index (κ3) is 3.63. The molecule has 1 amide bonds. The van der Waals surface area contributed by atoms with Crippen LogP contribution >= 0.6 is 11.6 Å². The Kier molecular flexibility index (Phi) is 4.70. The van der Waals surface area contributed by atoms with Gasteiger partial charge in [-0.25, -0.2) is 0 Å². The standard InChI is InChI=1S/C15H20ClNO2/c1-11-6-5-9-17(10-11)15(18)12(2)19-14-8-4-3-7-13(14)16/h3-4,7-8,11-12H,5-6,9-10H2,1-2H3/t11-,12+/m0/s1. The van der Waals surface area contributed by atoms with E-state index in [0.717, 1.165) is 19.5 Å². The lowest BCUT2D eigenvalue weighted by molar-refractivity contribution is -0.139. The van der Waals surface area contributed by atoms with Crippen molar-refractivity contribution in [2.24, 2.45) is 5.92 Å². The van der Waals surface area contributed by atoms with Gasteiger partial charge in [-0.05, 0) is 37.8 Å². The number of benzene rings is 1. The van der Waals surface area contributed by atoms with Gasteiger partial charge in [-0.15, -0.1) is 0 Å². The average Bonchev–Trinajstić information content (AvgIpc) is 2.40. The Labute approximate surface area is 119 Å². The van der Waals surface area contributed by atoms with Crippen LogP contribution in [-0.4, -0.2) is 30.0 Å². The first-order valence-electron chi connectivity index (χ1n) is 6.78. The minimum Gasteiger partial charge on any atom is -0.479 e. The summed E-state index contributed by atoms with van der Waals surface area (Å²) in [4.78, 5) is 14.2. The summed E-state index contributed by atoms with van der Waals surface area (Å²) in [5.41, 5.74) is 0. The van der Waals surface area contributed by atoms with E-state index in [4.69, 9.17) is 16.3 Å². The Bertz CT molecular complexity index is 450. The lowest BCUT2D eigenvalue weighted by Crippen LogP contribution is -2.45. The molecule has 1 saturated heterocycles. The van der Waals surface area contributed by atoms with Gasteiger partial charge < -0.3 is 9.64 Å². The molecule has 1 aliphatic rings. The fourth-order valence-corrected chi connectivity index (χ4v) is 2.61. The van der Waals surface area contributed by atoms with Crippen molar-refractivity contribution in [3.05, 3.63) is 29.3 Å². The molecular formula is C15H20ClNO2. The zero-order valence-electron chi connectivity index (χ0n) is 11.4. The lowest BCUT2D eigenvalue weighted by atomic mass is 10.00. The fraction of sp³-hybridized carbons (Fsp3) is 0.533. The number of ether oxygens (including phenoxy) is 1. The topological polar surface area (TPSA) is 29.5 Å². The maximum Gasteiger partial charge on any atom is 0.263 e. The zero-order valence-corrected chi connectivity index (χ0v) is 12.2. The van der Waals surface area contributed by atoms with E-state index < -0.39 is 6.10 Å². The Morgan fingerprint density at radius 1 is 1.47 bits per heavy atom. The van der Waals surface area contributed by atoms with Crippen LogP contribution in [0.25, 0.3) is 0 Å². The predicted octanol–water partition coefficient (Wildman–Crippen LogP) is 3.37. The number of rotatable bonds is 3. The second kappa shape index (κ2) is 6.29. The molecular weight excluding hydrogens is 262 g/mol. The molecule has 3 nitrogen and oxygen atoms in total. The smallest absolute Gasteiger partial charge is 0.263 e. The van der Waals surface area contributed by atoms with Gasteiger partial charge in [0.15, 0.2) is 6.10 Å². The summed E-state index contributed by atoms with van der Waals surface area (Å²) < 4.78 is 5.67. The van der Waals surface area contributed by atoms with Crippen molar-refractivity contribution in [2.45, 2.75) is 32.8 Å². The van der Waals surface area contributed by atoms with Gasteiger partial charge in [0, 0.05) is 13.1 Å². The maximum absolute atomic E-state index is 12.3. The lowest BCUT2D eigenvalue weighted by Gasteiger charge is -2.32. The van der Waals surface area contributed by atoms with E-state index >= 15 is 0 Å². The number of hydrogen-bond donors (Lipinski definition) is 0. The Morgan fingerprint density at radius 3 is 2.89 bits per heavy atom. The number of piperidine rings is 1. The fourth-order valence-electron chi connectivity index (χ4n) is 2.43. The minimum atomic E-state index is -0.495. The van der Waals surface area contributed by atoms with Gasteiger partial charge in [-0.2, -0.15) is 0 Å². The molecule has 1 fully saturated rings. The van der Waals surface area contributed by atoms with Crippen molar-refractivity contribution < 1.29 is 9.53 Å². The molecule has 1 aliphatic heterocycles. The number of carbonyl (C=O) groups excluding carboxylic acids is 1. The van der Waals surface area contributed by atoms with Crippen LogP contribution in [0, 0.1) is 5.92 Å². The summed E-state index contributed by atoms with van der Waals surface area (Å²) in [7, 11) is 0. The molecule has 4 heteroatoms. The van der Waals surface area contributed by atoms with Crippen molar-refractivity contribution >= 4 is 17.5 Å². The summed E-state index contributed by atoms with van der Waals surface area (Å²) in [6.07, 6.45) is 1.78. The van der Waals surface area contributed by atoms with Gasteiger partial charge in [0.05, 0.1) is 5.02 Å².